The van der Waals surface area contributed by atoms with Gasteiger partial charge in [-0.3, -0.25) is 14.6 Å². The standard InChI is InChI=1S/C21H24N2O3/c1-11-6-12(2)19-15(7-11)16(8-18(22-19)14-4-5-14)20(24)23-9-13(3)17(10-23)21(25)26/h6-8,13-14,17H,4-5,9-10H2,1-3H3,(H,25,26)/t13-,17-/m1/s1. The first kappa shape index (κ1) is 17.0. The van der Waals surface area contributed by atoms with E-state index in [2.05, 4.69) is 6.07 Å². The highest BCUT2D eigenvalue weighted by Crippen LogP contribution is 2.41. The lowest BCUT2D eigenvalue weighted by molar-refractivity contribution is -0.142. The number of aliphatic carboxylic acids is 1. The third-order valence-corrected chi connectivity index (χ3v) is 5.71. The Balaban J connectivity index is 1.80. The number of amides is 1. The molecule has 5 heteroatoms. The van der Waals surface area contributed by atoms with Crippen molar-refractivity contribution in [3.05, 3.63) is 40.6 Å². The summed E-state index contributed by atoms with van der Waals surface area (Å²) in [5, 5.41) is 10.3. The number of aryl methyl sites for hydroxylation is 2. The molecule has 2 aromatic rings. The molecule has 2 atom stereocenters. The Bertz CT molecular complexity index is 917. The Morgan fingerprint density at radius 2 is 1.88 bits per heavy atom. The number of fused-ring (bicyclic) bond motifs is 1. The topological polar surface area (TPSA) is 70.5 Å². The molecular formula is C21H24N2O3. The van der Waals surface area contributed by atoms with Crippen LogP contribution in [0.15, 0.2) is 18.2 Å². The molecule has 0 bridgehead atoms. The van der Waals surface area contributed by atoms with Gasteiger partial charge in [0.2, 0.25) is 0 Å². The van der Waals surface area contributed by atoms with E-state index in [4.69, 9.17) is 4.98 Å². The van der Waals surface area contributed by atoms with E-state index < -0.39 is 11.9 Å². The van der Waals surface area contributed by atoms with Crippen LogP contribution in [0.3, 0.4) is 0 Å². The second-order valence-corrected chi connectivity index (χ2v) is 7.98. The second kappa shape index (κ2) is 6.08. The van der Waals surface area contributed by atoms with Gasteiger partial charge in [-0.15, -0.1) is 0 Å². The molecule has 1 saturated carbocycles. The molecule has 2 aliphatic rings. The van der Waals surface area contributed by atoms with Crippen molar-refractivity contribution >= 4 is 22.8 Å². The van der Waals surface area contributed by atoms with Crippen molar-refractivity contribution in [3.63, 3.8) is 0 Å². The van der Waals surface area contributed by atoms with Gasteiger partial charge in [-0.2, -0.15) is 0 Å². The molecule has 1 aliphatic heterocycles. The van der Waals surface area contributed by atoms with Gasteiger partial charge >= 0.3 is 5.97 Å². The maximum Gasteiger partial charge on any atom is 0.308 e. The Labute approximate surface area is 153 Å². The van der Waals surface area contributed by atoms with E-state index in [1.165, 1.54) is 0 Å². The number of pyridine rings is 1. The Morgan fingerprint density at radius 1 is 1.15 bits per heavy atom. The number of hydrogen-bond acceptors (Lipinski definition) is 3. The molecule has 136 valence electrons. The van der Waals surface area contributed by atoms with Gasteiger partial charge in [0.15, 0.2) is 0 Å². The number of carboxylic acid groups (broad SMARTS) is 1. The SMILES string of the molecule is Cc1cc(C)c2nc(C3CC3)cc(C(=O)N3C[C@@H](C)[C@H](C(=O)O)C3)c2c1. The summed E-state index contributed by atoms with van der Waals surface area (Å²) in [6, 6.07) is 6.06. The van der Waals surface area contributed by atoms with Gasteiger partial charge in [-0.25, -0.2) is 0 Å². The summed E-state index contributed by atoms with van der Waals surface area (Å²) in [5.74, 6) is -0.956. The first-order valence-corrected chi connectivity index (χ1v) is 9.29. The average Bonchev–Trinajstić information content (AvgIpc) is 3.35. The van der Waals surface area contributed by atoms with E-state index in [1.807, 2.05) is 32.9 Å². The van der Waals surface area contributed by atoms with Gasteiger partial charge in [0.25, 0.3) is 5.91 Å². The number of rotatable bonds is 3. The number of benzene rings is 1. The Hall–Kier alpha value is -2.43. The van der Waals surface area contributed by atoms with Crippen LogP contribution >= 0.6 is 0 Å². The van der Waals surface area contributed by atoms with Crippen molar-refractivity contribution < 1.29 is 14.7 Å². The van der Waals surface area contributed by atoms with E-state index >= 15 is 0 Å². The van der Waals surface area contributed by atoms with Crippen LogP contribution in [-0.4, -0.2) is 40.0 Å². The summed E-state index contributed by atoms with van der Waals surface area (Å²) >= 11 is 0. The van der Waals surface area contributed by atoms with E-state index in [9.17, 15) is 14.7 Å². The first-order valence-electron chi connectivity index (χ1n) is 9.29. The minimum atomic E-state index is -0.822. The number of likely N-dealkylation sites (tertiary alicyclic amines) is 1. The maximum absolute atomic E-state index is 13.3. The molecule has 0 radical (unpaired) electrons. The molecule has 0 unspecified atom stereocenters. The van der Waals surface area contributed by atoms with Crippen molar-refractivity contribution in [3.8, 4) is 0 Å². The van der Waals surface area contributed by atoms with E-state index in [0.717, 1.165) is 40.6 Å². The fourth-order valence-electron chi connectivity index (χ4n) is 4.09. The van der Waals surface area contributed by atoms with Gasteiger partial charge in [0.1, 0.15) is 0 Å². The molecule has 5 nitrogen and oxygen atoms in total. The predicted molar refractivity (Wildman–Crippen MR) is 99.4 cm³/mol. The molecule has 1 amide bonds. The van der Waals surface area contributed by atoms with Crippen LogP contribution in [0.5, 0.6) is 0 Å². The van der Waals surface area contributed by atoms with Gasteiger partial charge in [0, 0.05) is 30.1 Å². The second-order valence-electron chi connectivity index (χ2n) is 7.98. The fourth-order valence-corrected chi connectivity index (χ4v) is 4.09. The van der Waals surface area contributed by atoms with E-state index in [1.54, 1.807) is 4.90 Å². The molecule has 2 fully saturated rings. The minimum absolute atomic E-state index is 0.0315. The number of carbonyl (C=O) groups excluding carboxylic acids is 1. The summed E-state index contributed by atoms with van der Waals surface area (Å²) in [5.41, 5.74) is 4.74. The third-order valence-electron chi connectivity index (χ3n) is 5.71. The van der Waals surface area contributed by atoms with Gasteiger partial charge < -0.3 is 10.0 Å². The molecule has 1 aromatic heterocycles. The van der Waals surface area contributed by atoms with Crippen LogP contribution in [-0.2, 0) is 4.79 Å². The zero-order chi connectivity index (χ0) is 18.6. The molecule has 1 aromatic carbocycles. The monoisotopic (exact) mass is 352 g/mol. The number of carbonyl (C=O) groups is 2. The zero-order valence-corrected chi connectivity index (χ0v) is 15.5. The third kappa shape index (κ3) is 2.85. The van der Waals surface area contributed by atoms with Crippen molar-refractivity contribution in [2.24, 2.45) is 11.8 Å². The van der Waals surface area contributed by atoms with Crippen LogP contribution in [0.4, 0.5) is 0 Å². The lowest BCUT2D eigenvalue weighted by Crippen LogP contribution is -2.30. The molecule has 4 rings (SSSR count). The van der Waals surface area contributed by atoms with Crippen LogP contribution in [0.1, 0.15) is 52.9 Å². The number of nitrogens with zero attached hydrogens (tertiary/aromatic N) is 2. The van der Waals surface area contributed by atoms with E-state index in [0.29, 0.717) is 18.0 Å². The highest BCUT2D eigenvalue weighted by molar-refractivity contribution is 6.07. The largest absolute Gasteiger partial charge is 0.481 e. The molecular weight excluding hydrogens is 328 g/mol. The molecule has 2 heterocycles. The summed E-state index contributed by atoms with van der Waals surface area (Å²) in [4.78, 5) is 31.3. The highest BCUT2D eigenvalue weighted by atomic mass is 16.4. The van der Waals surface area contributed by atoms with E-state index in [-0.39, 0.29) is 18.4 Å². The quantitative estimate of drug-likeness (QED) is 0.917. The summed E-state index contributed by atoms with van der Waals surface area (Å²) < 4.78 is 0. The summed E-state index contributed by atoms with van der Waals surface area (Å²) in [7, 11) is 0. The molecule has 0 spiro atoms. The van der Waals surface area contributed by atoms with Crippen molar-refractivity contribution in [1.82, 2.24) is 9.88 Å². The first-order chi connectivity index (χ1) is 12.3. The van der Waals surface area contributed by atoms with Crippen LogP contribution in [0, 0.1) is 25.7 Å². The zero-order valence-electron chi connectivity index (χ0n) is 15.5. The van der Waals surface area contributed by atoms with Crippen LogP contribution < -0.4 is 0 Å². The molecule has 1 aliphatic carbocycles. The van der Waals surface area contributed by atoms with Crippen molar-refractivity contribution in [2.75, 3.05) is 13.1 Å². The number of carboxylic acids is 1. The van der Waals surface area contributed by atoms with Crippen molar-refractivity contribution in [2.45, 2.75) is 39.5 Å². The van der Waals surface area contributed by atoms with Crippen LogP contribution in [0.25, 0.3) is 10.9 Å². The average molecular weight is 352 g/mol. The fraction of sp³-hybridized carbons (Fsp3) is 0.476. The van der Waals surface area contributed by atoms with Gasteiger partial charge in [0.05, 0.1) is 17.0 Å². The number of aromatic nitrogens is 1. The maximum atomic E-state index is 13.3. The smallest absolute Gasteiger partial charge is 0.308 e. The van der Waals surface area contributed by atoms with Gasteiger partial charge in [-0.1, -0.05) is 18.6 Å². The Morgan fingerprint density at radius 3 is 2.50 bits per heavy atom. The lowest BCUT2D eigenvalue weighted by atomic mass is 9.99. The highest BCUT2D eigenvalue weighted by Gasteiger charge is 2.38. The predicted octanol–water partition coefficient (Wildman–Crippen LogP) is 3.52. The minimum Gasteiger partial charge on any atom is -0.481 e. The normalized spacial score (nSPS) is 22.8. The van der Waals surface area contributed by atoms with Crippen molar-refractivity contribution in [1.29, 1.82) is 0 Å². The van der Waals surface area contributed by atoms with Crippen LogP contribution in [0.2, 0.25) is 0 Å². The van der Waals surface area contributed by atoms with Gasteiger partial charge in [-0.05, 0) is 50.3 Å². The molecule has 1 N–H and O–H groups in total. The Kier molecular flexibility index (Phi) is 3.98. The molecule has 26 heavy (non-hydrogen) atoms. The molecule has 1 saturated heterocycles. The lowest BCUT2D eigenvalue weighted by Gasteiger charge is -2.19. The summed E-state index contributed by atoms with van der Waals surface area (Å²) in [6.07, 6.45) is 2.25. The number of hydrogen-bond donors (Lipinski definition) is 1. The summed E-state index contributed by atoms with van der Waals surface area (Å²) in [6.45, 7) is 6.73.